The molecule has 0 heterocycles. The quantitative estimate of drug-likeness (QED) is 0.0958. The number of hydrogen-bond acceptors (Lipinski definition) is 3. The maximum atomic E-state index is 13.7. The second-order valence-electron chi connectivity index (χ2n) is 30.2. The molecule has 0 saturated heterocycles. The summed E-state index contributed by atoms with van der Waals surface area (Å²) in [7, 11) is -3.37. The van der Waals surface area contributed by atoms with Crippen LogP contribution >= 0.6 is 0 Å². The fourth-order valence-electron chi connectivity index (χ4n) is 12.3. The zero-order chi connectivity index (χ0) is 83.8. The Kier molecular flexibility index (Phi) is 31.2. The van der Waals surface area contributed by atoms with E-state index in [-0.39, 0.29) is 11.2 Å². The maximum Gasteiger partial charge on any atom is 0.411 e. The molecule has 0 aliphatic carbocycles. The number of halogens is 6. The summed E-state index contributed by atoms with van der Waals surface area (Å²) in [6, 6.07) is 107. The molecule has 590 valence electrons. The smallest absolute Gasteiger partial charge is 0.289 e. The van der Waals surface area contributed by atoms with Gasteiger partial charge in [0.1, 0.15) is 0 Å². The van der Waals surface area contributed by atoms with Crippen molar-refractivity contribution >= 4 is 15.6 Å². The Bertz CT molecular complexity index is 5110. The van der Waals surface area contributed by atoms with Crippen molar-refractivity contribution in [1.82, 2.24) is 0 Å². The Morgan fingerprint density at radius 1 is 0.209 bits per heavy atom. The number of carbonyl (C=O) groups is 1. The van der Waals surface area contributed by atoms with Crippen LogP contribution in [0.1, 0.15) is 130 Å². The summed E-state index contributed by atoms with van der Waals surface area (Å²) in [5, 5.41) is 0. The molecule has 0 aliphatic heterocycles. The number of benzene rings is 14. The van der Waals surface area contributed by atoms with Gasteiger partial charge in [0.15, 0.2) is 5.78 Å². The van der Waals surface area contributed by atoms with E-state index in [4.69, 9.17) is 0 Å². The molecular weight excluding hydrogens is 1460 g/mol. The molecule has 0 spiro atoms. The van der Waals surface area contributed by atoms with E-state index in [9.17, 15) is 39.6 Å². The molecule has 14 aromatic carbocycles. The highest BCUT2D eigenvalue weighted by Gasteiger charge is 2.72. The molecule has 0 radical (unpaired) electrons. The third-order valence-electron chi connectivity index (χ3n) is 20.0. The Labute approximate surface area is 679 Å². The Hall–Kier alpha value is -11.7. The van der Waals surface area contributed by atoms with Crippen LogP contribution in [0.4, 0.5) is 26.3 Å². The molecule has 0 atom stereocenters. The van der Waals surface area contributed by atoms with Gasteiger partial charge in [-0.15, -0.1) is 0 Å². The van der Waals surface area contributed by atoms with Crippen molar-refractivity contribution in [2.75, 3.05) is 0 Å². The molecule has 10 heteroatoms. The van der Waals surface area contributed by atoms with Crippen molar-refractivity contribution in [1.29, 1.82) is 0 Å². The SMILES string of the molecule is Cc1ccc(-c2ccc(-c3ccc(C)cc3)cc2)cc1.Cc1ccc(-c2ccc(C)cc2)cc1.Cc1ccc(C(=O)c2ccc(C)cc2)cc1.Cc1ccc(C(C)(C)c2ccc(C)cc2)cc1.Cc1ccc(C(c2ccc(C)cc2)(C(F)(F)F)C(F)(F)F)cc1.Cc1ccc(C)cc1.Cc1ccc(S(=O)(=O)c2ccc(C)cc2)cc1. The third-order valence-corrected chi connectivity index (χ3v) is 21.8. The van der Waals surface area contributed by atoms with Crippen LogP contribution in [-0.2, 0) is 20.7 Å². The first-order valence-electron chi connectivity index (χ1n) is 38.3. The molecule has 14 aromatic rings. The zero-order valence-electron chi connectivity index (χ0n) is 68.7. The minimum absolute atomic E-state index is 0.0708. The fourth-order valence-corrected chi connectivity index (χ4v) is 13.6. The molecule has 0 aromatic heterocycles. The van der Waals surface area contributed by atoms with Crippen molar-refractivity contribution in [3.05, 3.63) is 451 Å². The molecule has 0 unspecified atom stereocenters. The summed E-state index contributed by atoms with van der Waals surface area (Å²) in [5.41, 5.74) is 22.3. The highest BCUT2D eigenvalue weighted by atomic mass is 32.2. The van der Waals surface area contributed by atoms with Gasteiger partial charge >= 0.3 is 12.4 Å². The van der Waals surface area contributed by atoms with E-state index >= 15 is 0 Å². The van der Waals surface area contributed by atoms with E-state index in [1.165, 1.54) is 124 Å². The lowest BCUT2D eigenvalue weighted by atomic mass is 9.72. The topological polar surface area (TPSA) is 51.2 Å². The largest absolute Gasteiger partial charge is 0.411 e. The molecule has 0 N–H and O–H groups in total. The number of ketones is 1. The van der Waals surface area contributed by atoms with Crippen molar-refractivity contribution in [2.24, 2.45) is 0 Å². The van der Waals surface area contributed by atoms with E-state index in [2.05, 4.69) is 263 Å². The van der Waals surface area contributed by atoms with Crippen LogP contribution in [0.3, 0.4) is 0 Å². The van der Waals surface area contributed by atoms with Crippen LogP contribution in [0.5, 0.6) is 0 Å². The summed E-state index contributed by atoms with van der Waals surface area (Å²) >= 11 is 0. The minimum atomic E-state index is -5.53. The summed E-state index contributed by atoms with van der Waals surface area (Å²) in [6.45, 7) is 32.5. The van der Waals surface area contributed by atoms with Gasteiger partial charge in [-0.3, -0.25) is 4.79 Å². The lowest BCUT2D eigenvalue weighted by molar-refractivity contribution is -0.288. The van der Waals surface area contributed by atoms with Gasteiger partial charge in [-0.1, -0.05) is 407 Å². The predicted octanol–water partition coefficient (Wildman–Crippen LogP) is 28.9. The van der Waals surface area contributed by atoms with Crippen LogP contribution in [0.15, 0.2) is 350 Å². The van der Waals surface area contributed by atoms with Crippen molar-refractivity contribution in [2.45, 2.75) is 144 Å². The van der Waals surface area contributed by atoms with Gasteiger partial charge in [-0.25, -0.2) is 8.42 Å². The first-order chi connectivity index (χ1) is 54.4. The average Bonchev–Trinajstić information content (AvgIpc) is 0.716. The van der Waals surface area contributed by atoms with E-state index in [0.717, 1.165) is 46.5 Å². The fraction of sp³-hybridized carbons (Fsp3) is 0.190. The van der Waals surface area contributed by atoms with Crippen LogP contribution < -0.4 is 0 Å². The molecular formula is C105H104F6O3S. The molecule has 0 amide bonds. The third kappa shape index (κ3) is 25.1. The normalized spacial score (nSPS) is 11.1. The van der Waals surface area contributed by atoms with Gasteiger partial charge in [0.05, 0.1) is 9.79 Å². The molecule has 3 nitrogen and oxygen atoms in total. The number of hydrogen-bond donors (Lipinski definition) is 0. The van der Waals surface area contributed by atoms with Crippen LogP contribution in [0, 0.1) is 96.9 Å². The monoisotopic (exact) mass is 1560 g/mol. The van der Waals surface area contributed by atoms with Gasteiger partial charge < -0.3 is 0 Å². The van der Waals surface area contributed by atoms with E-state index < -0.39 is 38.7 Å². The van der Waals surface area contributed by atoms with E-state index in [1.807, 2.05) is 76.2 Å². The standard InChI is InChI=1S/C20H18.C17H14F6.C17H20.C15H14O.C14H14O2S.C14H14.C8H10/c1-15-3-7-17(8-4-15)19-11-13-20(14-12-19)18-9-5-16(2)6-10-18;1-11-3-7-13(8-4-11)15(16(18,19)20,17(21,22)23)14-9-5-12(2)6-10-14;1-13-5-9-15(10-6-13)17(3,4)16-11-7-14(2)8-12-16;1-11-3-7-13(8-4-11)15(16)14-9-5-12(2)6-10-14;1-11-3-7-13(8-4-11)17(15,16)14-9-5-12(2)6-10-14;1-11-3-7-13(8-4-11)14-9-5-12(2)6-10-14;1-7-3-5-8(2)6-4-7/h3-14H,1-2H3;3-10H,1-2H3;5-12H,1-4H3;3-10H,1-2H3;3-10H,1-2H3;3-10H,1-2H3;3-6H,1-2H3. The second-order valence-corrected chi connectivity index (χ2v) is 32.2. The van der Waals surface area contributed by atoms with Gasteiger partial charge in [-0.2, -0.15) is 26.3 Å². The van der Waals surface area contributed by atoms with Crippen molar-refractivity contribution < 1.29 is 39.6 Å². The lowest BCUT2D eigenvalue weighted by Gasteiger charge is -2.38. The van der Waals surface area contributed by atoms with Gasteiger partial charge in [0.2, 0.25) is 15.3 Å². The summed E-state index contributed by atoms with van der Waals surface area (Å²) in [4.78, 5) is 12.7. The number of sulfone groups is 1. The van der Waals surface area contributed by atoms with Crippen LogP contribution in [-0.4, -0.2) is 26.6 Å². The van der Waals surface area contributed by atoms with Gasteiger partial charge in [-0.05, 0) is 177 Å². The minimum Gasteiger partial charge on any atom is -0.289 e. The summed E-state index contributed by atoms with van der Waals surface area (Å²) < 4.78 is 107. The number of alkyl halides is 6. The first-order valence-corrected chi connectivity index (χ1v) is 39.8. The van der Waals surface area contributed by atoms with Crippen molar-refractivity contribution in [3.63, 3.8) is 0 Å². The maximum absolute atomic E-state index is 13.7. The number of rotatable bonds is 11. The average molecular weight is 1560 g/mol. The van der Waals surface area contributed by atoms with Gasteiger partial charge in [0.25, 0.3) is 0 Å². The molecule has 0 bridgehead atoms. The van der Waals surface area contributed by atoms with Gasteiger partial charge in [0, 0.05) is 16.5 Å². The molecule has 115 heavy (non-hydrogen) atoms. The highest BCUT2D eigenvalue weighted by Crippen LogP contribution is 2.56. The predicted molar refractivity (Wildman–Crippen MR) is 467 cm³/mol. The number of carbonyl (C=O) groups excluding carboxylic acids is 1. The first kappa shape index (κ1) is 88.8. The zero-order valence-corrected chi connectivity index (χ0v) is 69.5. The Morgan fingerprint density at radius 3 is 0.530 bits per heavy atom. The number of aryl methyl sites for hydroxylation is 14. The van der Waals surface area contributed by atoms with Crippen molar-refractivity contribution in [3.8, 4) is 33.4 Å². The summed E-state index contributed by atoms with van der Waals surface area (Å²) in [5.74, 6) is 0.0833. The molecule has 14 rings (SSSR count). The van der Waals surface area contributed by atoms with Crippen LogP contribution in [0.2, 0.25) is 0 Å². The molecule has 0 fully saturated rings. The lowest BCUT2D eigenvalue weighted by Crippen LogP contribution is -2.54. The second kappa shape index (κ2) is 40.3. The van der Waals surface area contributed by atoms with E-state index in [0.29, 0.717) is 20.9 Å². The molecule has 0 saturated carbocycles. The Balaban J connectivity index is 0.000000170. The highest BCUT2D eigenvalue weighted by molar-refractivity contribution is 7.91. The van der Waals surface area contributed by atoms with Crippen LogP contribution in [0.25, 0.3) is 33.4 Å². The molecule has 0 aliphatic rings. The van der Waals surface area contributed by atoms with E-state index in [1.54, 1.807) is 62.4 Å². The Morgan fingerprint density at radius 2 is 0.348 bits per heavy atom. The summed E-state index contributed by atoms with van der Waals surface area (Å²) in [6.07, 6.45) is -11.1.